The van der Waals surface area contributed by atoms with Crippen molar-refractivity contribution in [3.8, 4) is 0 Å². The molecule has 0 aliphatic carbocycles. The molecule has 0 saturated heterocycles. The Bertz CT molecular complexity index is 341. The fourth-order valence-corrected chi connectivity index (χ4v) is 2.34. The van der Waals surface area contributed by atoms with Crippen molar-refractivity contribution in [1.82, 2.24) is 9.88 Å². The lowest BCUT2D eigenvalue weighted by Crippen LogP contribution is -2.29. The van der Waals surface area contributed by atoms with E-state index in [1.807, 2.05) is 13.1 Å². The molecule has 1 N–H and O–H groups in total. The highest BCUT2D eigenvalue weighted by Gasteiger charge is 2.03. The van der Waals surface area contributed by atoms with Crippen molar-refractivity contribution in [1.29, 1.82) is 0 Å². The predicted molar refractivity (Wildman–Crippen MR) is 77.6 cm³/mol. The lowest BCUT2D eigenvalue weighted by Gasteiger charge is -2.19. The third-order valence-corrected chi connectivity index (χ3v) is 3.29. The Morgan fingerprint density at radius 3 is 2.71 bits per heavy atom. The highest BCUT2D eigenvalue weighted by atomic mass is 79.9. The summed E-state index contributed by atoms with van der Waals surface area (Å²) in [5.41, 5.74) is 1.17. The number of anilines is 1. The quantitative estimate of drug-likeness (QED) is 0.837. The molecule has 0 atom stereocenters. The molecule has 1 rings (SSSR count). The molecule has 0 spiro atoms. The minimum atomic E-state index is 0.933. The predicted octanol–water partition coefficient (Wildman–Crippen LogP) is 3.30. The van der Waals surface area contributed by atoms with Crippen LogP contribution in [0.25, 0.3) is 0 Å². The molecule has 0 unspecified atom stereocenters. The van der Waals surface area contributed by atoms with Crippen LogP contribution < -0.4 is 5.32 Å². The van der Waals surface area contributed by atoms with E-state index in [9.17, 15) is 0 Å². The Morgan fingerprint density at radius 1 is 1.35 bits per heavy atom. The van der Waals surface area contributed by atoms with E-state index in [0.29, 0.717) is 0 Å². The number of hydrogen-bond acceptors (Lipinski definition) is 3. The number of rotatable bonds is 7. The Morgan fingerprint density at radius 2 is 2.12 bits per heavy atom. The van der Waals surface area contributed by atoms with Gasteiger partial charge >= 0.3 is 0 Å². The molecule has 0 aliphatic heterocycles. The summed E-state index contributed by atoms with van der Waals surface area (Å²) in [6.45, 7) is 10.7. The van der Waals surface area contributed by atoms with Crippen molar-refractivity contribution < 1.29 is 0 Å². The Labute approximate surface area is 113 Å². The summed E-state index contributed by atoms with van der Waals surface area (Å²) in [4.78, 5) is 6.81. The fourth-order valence-electron chi connectivity index (χ4n) is 1.74. The number of likely N-dealkylation sites (N-methyl/N-ethyl adjacent to an activating group) is 1. The Balaban J connectivity index is 2.39. The molecule has 0 amide bonds. The maximum absolute atomic E-state index is 4.37. The van der Waals surface area contributed by atoms with Gasteiger partial charge in [0.25, 0.3) is 0 Å². The van der Waals surface area contributed by atoms with Gasteiger partial charge in [-0.05, 0) is 54.0 Å². The molecule has 4 heteroatoms. The van der Waals surface area contributed by atoms with Crippen molar-refractivity contribution in [3.05, 3.63) is 22.3 Å². The van der Waals surface area contributed by atoms with Crippen molar-refractivity contribution in [2.45, 2.75) is 27.2 Å². The largest absolute Gasteiger partial charge is 0.368 e. The summed E-state index contributed by atoms with van der Waals surface area (Å²) in [6.07, 6.45) is 3.09. The molecule has 17 heavy (non-hydrogen) atoms. The topological polar surface area (TPSA) is 28.2 Å². The lowest BCUT2D eigenvalue weighted by atomic mass is 10.3. The zero-order valence-corrected chi connectivity index (χ0v) is 12.5. The van der Waals surface area contributed by atoms with Gasteiger partial charge in [0.2, 0.25) is 0 Å². The molecule has 0 aromatic carbocycles. The molecule has 96 valence electrons. The first-order chi connectivity index (χ1) is 8.17. The van der Waals surface area contributed by atoms with Gasteiger partial charge < -0.3 is 10.2 Å². The lowest BCUT2D eigenvalue weighted by molar-refractivity contribution is 0.300. The molecule has 1 heterocycles. The van der Waals surface area contributed by atoms with Crippen LogP contribution >= 0.6 is 15.9 Å². The molecule has 0 saturated carbocycles. The van der Waals surface area contributed by atoms with E-state index in [0.717, 1.165) is 29.9 Å². The highest BCUT2D eigenvalue weighted by Crippen LogP contribution is 2.19. The number of aryl methyl sites for hydroxylation is 1. The van der Waals surface area contributed by atoms with Crippen LogP contribution in [0.4, 0.5) is 5.82 Å². The summed E-state index contributed by atoms with van der Waals surface area (Å²) in [7, 11) is 0. The summed E-state index contributed by atoms with van der Waals surface area (Å²) >= 11 is 3.52. The Hall–Kier alpha value is -0.610. The molecular weight excluding hydrogens is 278 g/mol. The van der Waals surface area contributed by atoms with Crippen molar-refractivity contribution >= 4 is 21.7 Å². The monoisotopic (exact) mass is 299 g/mol. The van der Waals surface area contributed by atoms with Gasteiger partial charge in [-0.3, -0.25) is 0 Å². The van der Waals surface area contributed by atoms with Crippen LogP contribution in [0.1, 0.15) is 25.8 Å². The molecule has 0 bridgehead atoms. The number of nitrogens with one attached hydrogen (secondary N) is 1. The summed E-state index contributed by atoms with van der Waals surface area (Å²) in [5, 5.41) is 3.36. The number of hydrogen-bond donors (Lipinski definition) is 1. The van der Waals surface area contributed by atoms with Gasteiger partial charge in [0.1, 0.15) is 5.82 Å². The van der Waals surface area contributed by atoms with E-state index >= 15 is 0 Å². The van der Waals surface area contributed by atoms with Gasteiger partial charge in [0, 0.05) is 19.3 Å². The minimum absolute atomic E-state index is 0.933. The van der Waals surface area contributed by atoms with Crippen LogP contribution in [0.5, 0.6) is 0 Å². The van der Waals surface area contributed by atoms with E-state index in [4.69, 9.17) is 0 Å². The third kappa shape index (κ3) is 5.04. The number of aromatic nitrogens is 1. The van der Waals surface area contributed by atoms with Crippen LogP contribution in [-0.4, -0.2) is 36.1 Å². The second-order valence-electron chi connectivity index (χ2n) is 4.20. The van der Waals surface area contributed by atoms with E-state index in [2.05, 4.69) is 51.0 Å². The van der Waals surface area contributed by atoms with Crippen molar-refractivity contribution in [2.75, 3.05) is 31.5 Å². The zero-order chi connectivity index (χ0) is 12.7. The van der Waals surface area contributed by atoms with Gasteiger partial charge in [-0.25, -0.2) is 4.98 Å². The van der Waals surface area contributed by atoms with Gasteiger partial charge in [-0.1, -0.05) is 13.8 Å². The molecule has 0 radical (unpaired) electrons. The van der Waals surface area contributed by atoms with Crippen LogP contribution in [0, 0.1) is 6.92 Å². The van der Waals surface area contributed by atoms with Gasteiger partial charge in [-0.15, -0.1) is 0 Å². The molecule has 0 fully saturated rings. The van der Waals surface area contributed by atoms with E-state index in [1.54, 1.807) is 0 Å². The maximum Gasteiger partial charge on any atom is 0.140 e. The molecule has 1 aromatic heterocycles. The highest BCUT2D eigenvalue weighted by molar-refractivity contribution is 9.10. The SMILES string of the molecule is CCCN(CC)CCNc1ncc(C)cc1Br. The first-order valence-corrected chi connectivity index (χ1v) is 7.05. The van der Waals surface area contributed by atoms with Crippen LogP contribution in [0.15, 0.2) is 16.7 Å². The second-order valence-corrected chi connectivity index (χ2v) is 5.06. The number of pyridine rings is 1. The molecule has 1 aromatic rings. The van der Waals surface area contributed by atoms with Gasteiger partial charge in [-0.2, -0.15) is 0 Å². The molecule has 0 aliphatic rings. The van der Waals surface area contributed by atoms with Crippen molar-refractivity contribution in [3.63, 3.8) is 0 Å². The van der Waals surface area contributed by atoms with Gasteiger partial charge in [0.05, 0.1) is 4.47 Å². The number of nitrogens with zero attached hydrogens (tertiary/aromatic N) is 2. The standard InChI is InChI=1S/C13H22BrN3/c1-4-7-17(5-2)8-6-15-13-12(14)9-11(3)10-16-13/h9-10H,4-8H2,1-3H3,(H,15,16). The summed E-state index contributed by atoms with van der Waals surface area (Å²) in [6, 6.07) is 2.08. The summed E-state index contributed by atoms with van der Waals surface area (Å²) < 4.78 is 1.04. The average Bonchev–Trinajstić information content (AvgIpc) is 2.30. The number of halogens is 1. The van der Waals surface area contributed by atoms with Crippen molar-refractivity contribution in [2.24, 2.45) is 0 Å². The van der Waals surface area contributed by atoms with Crippen LogP contribution in [0.3, 0.4) is 0 Å². The first-order valence-electron chi connectivity index (χ1n) is 6.25. The Kier molecular flexibility index (Phi) is 6.52. The van der Waals surface area contributed by atoms with Gasteiger partial charge in [0.15, 0.2) is 0 Å². The molecule has 3 nitrogen and oxygen atoms in total. The van der Waals surface area contributed by atoms with E-state index < -0.39 is 0 Å². The normalized spacial score (nSPS) is 10.9. The zero-order valence-electron chi connectivity index (χ0n) is 11.0. The fraction of sp³-hybridized carbons (Fsp3) is 0.615. The maximum atomic E-state index is 4.37. The molecular formula is C13H22BrN3. The minimum Gasteiger partial charge on any atom is -0.368 e. The third-order valence-electron chi connectivity index (χ3n) is 2.69. The van der Waals surface area contributed by atoms with E-state index in [1.165, 1.54) is 18.5 Å². The van der Waals surface area contributed by atoms with Crippen LogP contribution in [0.2, 0.25) is 0 Å². The van der Waals surface area contributed by atoms with E-state index in [-0.39, 0.29) is 0 Å². The summed E-state index contributed by atoms with van der Waals surface area (Å²) in [5.74, 6) is 0.933. The first kappa shape index (κ1) is 14.5. The smallest absolute Gasteiger partial charge is 0.140 e. The average molecular weight is 300 g/mol. The van der Waals surface area contributed by atoms with Crippen LogP contribution in [-0.2, 0) is 0 Å². The second kappa shape index (κ2) is 7.67.